The number of aromatic nitrogens is 1. The number of nitrogens with zero attached hydrogens (tertiary/aromatic N) is 2. The molecule has 0 amide bonds. The minimum Gasteiger partial charge on any atom is -0.310 e. The van der Waals surface area contributed by atoms with Gasteiger partial charge >= 0.3 is 0 Å². The minimum absolute atomic E-state index is 1.10. The maximum atomic E-state index is 2.43. The Morgan fingerprint density at radius 3 is 1.57 bits per heavy atom. The molecular weight excluding hydrogens is 701 g/mol. The Kier molecular flexibility index (Phi) is 8.19. The number of hydrogen-bond acceptors (Lipinski definition) is 1. The molecule has 1 heterocycles. The van der Waals surface area contributed by atoms with Gasteiger partial charge < -0.3 is 9.47 Å². The lowest BCUT2D eigenvalue weighted by molar-refractivity contribution is 1.18. The first-order valence-electron chi connectivity index (χ1n) is 19.9. The van der Waals surface area contributed by atoms with Crippen molar-refractivity contribution in [3.8, 4) is 39.1 Å². The highest BCUT2D eigenvalue weighted by atomic mass is 15.1. The largest absolute Gasteiger partial charge is 0.310 e. The van der Waals surface area contributed by atoms with Crippen LogP contribution in [-0.4, -0.2) is 4.57 Å². The van der Waals surface area contributed by atoms with Crippen LogP contribution in [0.4, 0.5) is 17.1 Å². The van der Waals surface area contributed by atoms with Crippen molar-refractivity contribution in [3.63, 3.8) is 0 Å². The first-order chi connectivity index (χ1) is 28.7. The highest BCUT2D eigenvalue weighted by Gasteiger charge is 2.21. The fraction of sp³-hybridized carbons (Fsp3) is 0. The van der Waals surface area contributed by atoms with Gasteiger partial charge in [0, 0.05) is 27.8 Å². The lowest BCUT2D eigenvalue weighted by Gasteiger charge is -2.27. The van der Waals surface area contributed by atoms with Crippen molar-refractivity contribution in [2.45, 2.75) is 0 Å². The normalized spacial score (nSPS) is 11.4. The average Bonchev–Trinajstić information content (AvgIpc) is 3.65. The Morgan fingerprint density at radius 2 is 0.793 bits per heavy atom. The molecule has 2 nitrogen and oxygen atoms in total. The van der Waals surface area contributed by atoms with E-state index in [1.165, 1.54) is 76.7 Å². The summed E-state index contributed by atoms with van der Waals surface area (Å²) in [7, 11) is 0. The molecule has 0 N–H and O–H groups in total. The molecule has 2 heteroatoms. The monoisotopic (exact) mass is 738 g/mol. The average molecular weight is 739 g/mol. The number of para-hydroxylation sites is 2. The first-order valence-corrected chi connectivity index (χ1v) is 19.9. The second-order valence-corrected chi connectivity index (χ2v) is 15.0. The maximum Gasteiger partial charge on any atom is 0.0562 e. The van der Waals surface area contributed by atoms with Crippen LogP contribution in [-0.2, 0) is 0 Å². The molecule has 272 valence electrons. The molecule has 11 aromatic rings. The molecule has 1 aromatic heterocycles. The number of benzene rings is 10. The van der Waals surface area contributed by atoms with E-state index in [-0.39, 0.29) is 0 Å². The van der Waals surface area contributed by atoms with Crippen molar-refractivity contribution < 1.29 is 0 Å². The smallest absolute Gasteiger partial charge is 0.0562 e. The third-order valence-corrected chi connectivity index (χ3v) is 11.5. The summed E-state index contributed by atoms with van der Waals surface area (Å²) < 4.78 is 2.39. The second-order valence-electron chi connectivity index (χ2n) is 15.0. The van der Waals surface area contributed by atoms with E-state index in [4.69, 9.17) is 0 Å². The molecule has 10 aromatic carbocycles. The van der Waals surface area contributed by atoms with Gasteiger partial charge in [-0.3, -0.25) is 0 Å². The molecule has 0 aliphatic heterocycles. The fourth-order valence-electron chi connectivity index (χ4n) is 8.70. The molecule has 0 fully saturated rings. The molecule has 0 unspecified atom stereocenters. The summed E-state index contributed by atoms with van der Waals surface area (Å²) in [5.74, 6) is 0. The summed E-state index contributed by atoms with van der Waals surface area (Å²) in [6.45, 7) is 0. The quantitative estimate of drug-likeness (QED) is 0.158. The van der Waals surface area contributed by atoms with Crippen LogP contribution in [0.5, 0.6) is 0 Å². The Morgan fingerprint density at radius 1 is 0.293 bits per heavy atom. The molecule has 0 atom stereocenters. The van der Waals surface area contributed by atoms with Crippen molar-refractivity contribution >= 4 is 60.4 Å². The van der Waals surface area contributed by atoms with Crippen LogP contribution in [0.25, 0.3) is 82.4 Å². The van der Waals surface area contributed by atoms with Gasteiger partial charge in [-0.2, -0.15) is 0 Å². The van der Waals surface area contributed by atoms with Crippen LogP contribution in [0.2, 0.25) is 0 Å². The van der Waals surface area contributed by atoms with Crippen LogP contribution in [0.3, 0.4) is 0 Å². The number of anilines is 3. The fourth-order valence-corrected chi connectivity index (χ4v) is 8.70. The Balaban J connectivity index is 1.04. The van der Waals surface area contributed by atoms with Crippen molar-refractivity contribution in [3.05, 3.63) is 231 Å². The van der Waals surface area contributed by atoms with E-state index < -0.39 is 0 Å². The van der Waals surface area contributed by atoms with Gasteiger partial charge in [-0.25, -0.2) is 0 Å². The van der Waals surface area contributed by atoms with Gasteiger partial charge in [0.15, 0.2) is 0 Å². The topological polar surface area (TPSA) is 8.17 Å². The highest BCUT2D eigenvalue weighted by Crippen LogP contribution is 2.45. The number of rotatable bonds is 7. The number of fused-ring (bicyclic) bond motifs is 5. The summed E-state index contributed by atoms with van der Waals surface area (Å²) in [5, 5.41) is 7.35. The summed E-state index contributed by atoms with van der Waals surface area (Å²) in [6, 6.07) is 83.7. The van der Waals surface area contributed by atoms with E-state index in [1.807, 2.05) is 0 Å². The zero-order chi connectivity index (χ0) is 38.4. The molecule has 0 saturated heterocycles. The lowest BCUT2D eigenvalue weighted by atomic mass is 9.96. The minimum atomic E-state index is 1.10. The SMILES string of the molecule is c1ccc(-c2ccc(N(c3ccc4cc(-c5cccc(-c6ccc7ccccc7c6)c5)ccc4c3)c3cccc4c3c3ccccc3n4-c3ccccc3)cc2)cc1. The molecule has 11 rings (SSSR count). The standard InChI is InChI=1S/C56H38N2/c1-3-13-39(14-4-1)41-29-32-50(33-30-41)57(54-23-12-24-55-56(54)52-21-9-10-22-53(52)58(55)49-19-5-2-6-20-49)51-34-31-47-37-46(27-28-48(47)38-51)44-18-11-17-43(36-44)45-26-25-40-15-7-8-16-42(40)35-45/h1-38H. The van der Waals surface area contributed by atoms with Crippen molar-refractivity contribution in [1.29, 1.82) is 0 Å². The van der Waals surface area contributed by atoms with Gasteiger partial charge in [-0.05, 0) is 128 Å². The summed E-state index contributed by atoms with van der Waals surface area (Å²) in [6.07, 6.45) is 0. The van der Waals surface area contributed by atoms with Crippen LogP contribution < -0.4 is 4.90 Å². The van der Waals surface area contributed by atoms with Crippen molar-refractivity contribution in [1.82, 2.24) is 4.57 Å². The van der Waals surface area contributed by atoms with Gasteiger partial charge in [0.25, 0.3) is 0 Å². The zero-order valence-corrected chi connectivity index (χ0v) is 31.8. The molecule has 0 aliphatic rings. The molecule has 0 radical (unpaired) electrons. The van der Waals surface area contributed by atoms with Gasteiger partial charge in [-0.15, -0.1) is 0 Å². The molecule has 58 heavy (non-hydrogen) atoms. The Bertz CT molecular complexity index is 3270. The van der Waals surface area contributed by atoms with Gasteiger partial charge in [0.05, 0.1) is 16.7 Å². The molecule has 0 aliphatic carbocycles. The maximum absolute atomic E-state index is 2.43. The summed E-state index contributed by atoms with van der Waals surface area (Å²) in [4.78, 5) is 2.43. The molecular formula is C56H38N2. The van der Waals surface area contributed by atoms with E-state index in [1.54, 1.807) is 0 Å². The van der Waals surface area contributed by atoms with Gasteiger partial charge in [0.1, 0.15) is 0 Å². The predicted octanol–water partition coefficient (Wildman–Crippen LogP) is 15.6. The van der Waals surface area contributed by atoms with Crippen LogP contribution in [0.1, 0.15) is 0 Å². The van der Waals surface area contributed by atoms with E-state index >= 15 is 0 Å². The van der Waals surface area contributed by atoms with Crippen molar-refractivity contribution in [2.24, 2.45) is 0 Å². The zero-order valence-electron chi connectivity index (χ0n) is 31.8. The third kappa shape index (κ3) is 5.91. The second kappa shape index (κ2) is 14.1. The first kappa shape index (κ1) is 33.6. The van der Waals surface area contributed by atoms with Crippen molar-refractivity contribution in [2.75, 3.05) is 4.90 Å². The van der Waals surface area contributed by atoms with E-state index in [9.17, 15) is 0 Å². The van der Waals surface area contributed by atoms with E-state index in [0.717, 1.165) is 22.7 Å². The Labute approximate surface area is 338 Å². The predicted molar refractivity (Wildman–Crippen MR) is 247 cm³/mol. The van der Waals surface area contributed by atoms with E-state index in [2.05, 4.69) is 240 Å². The molecule has 0 bridgehead atoms. The molecule has 0 saturated carbocycles. The summed E-state index contributed by atoms with van der Waals surface area (Å²) >= 11 is 0. The van der Waals surface area contributed by atoms with Gasteiger partial charge in [-0.1, -0.05) is 158 Å². The van der Waals surface area contributed by atoms with Crippen LogP contribution in [0.15, 0.2) is 231 Å². The lowest BCUT2D eigenvalue weighted by Crippen LogP contribution is -2.10. The van der Waals surface area contributed by atoms with E-state index in [0.29, 0.717) is 0 Å². The highest BCUT2D eigenvalue weighted by molar-refractivity contribution is 6.16. The Hall–Kier alpha value is -7.68. The summed E-state index contributed by atoms with van der Waals surface area (Å²) in [5.41, 5.74) is 14.1. The number of hydrogen-bond donors (Lipinski definition) is 0. The third-order valence-electron chi connectivity index (χ3n) is 11.5. The van der Waals surface area contributed by atoms with Crippen LogP contribution >= 0.6 is 0 Å². The van der Waals surface area contributed by atoms with Crippen LogP contribution in [0, 0.1) is 0 Å². The molecule has 0 spiro atoms. The van der Waals surface area contributed by atoms with Gasteiger partial charge in [0.2, 0.25) is 0 Å².